The molecule has 0 radical (unpaired) electrons. The second-order valence-electron chi connectivity index (χ2n) is 5.13. The molecular formula is C18H20N2O2. The summed E-state index contributed by atoms with van der Waals surface area (Å²) in [5.74, 6) is 5.81. The van der Waals surface area contributed by atoms with Crippen molar-refractivity contribution >= 4 is 11.8 Å². The summed E-state index contributed by atoms with van der Waals surface area (Å²) in [6, 6.07) is 7.17. The zero-order valence-electron chi connectivity index (χ0n) is 12.7. The lowest BCUT2D eigenvalue weighted by Gasteiger charge is -2.16. The maximum absolute atomic E-state index is 12.0. The van der Waals surface area contributed by atoms with E-state index < -0.39 is 0 Å². The molecule has 0 spiro atoms. The molecule has 0 saturated carbocycles. The number of rotatable bonds is 3. The zero-order valence-corrected chi connectivity index (χ0v) is 12.7. The molecule has 2 N–H and O–H groups in total. The van der Waals surface area contributed by atoms with Crippen LogP contribution in [0.3, 0.4) is 0 Å². The van der Waals surface area contributed by atoms with E-state index in [-0.39, 0.29) is 17.7 Å². The highest BCUT2D eigenvalue weighted by atomic mass is 16.2. The van der Waals surface area contributed by atoms with Gasteiger partial charge < -0.3 is 10.6 Å². The number of carbonyl (C=O) groups is 2. The molecule has 0 aromatic heterocycles. The molecule has 0 heterocycles. The molecule has 2 rings (SSSR count). The molecule has 0 fully saturated rings. The SMILES string of the molecule is CNC(=O)c1ccccc1C#CCNC(=O)C1CC=CCC1. The fraction of sp³-hybridized carbons (Fsp3) is 0.333. The van der Waals surface area contributed by atoms with Gasteiger partial charge in [-0.2, -0.15) is 0 Å². The summed E-state index contributed by atoms with van der Waals surface area (Å²) in [4.78, 5) is 23.7. The van der Waals surface area contributed by atoms with E-state index in [1.165, 1.54) is 0 Å². The Balaban J connectivity index is 1.93. The van der Waals surface area contributed by atoms with E-state index in [1.54, 1.807) is 25.2 Å². The molecule has 1 aliphatic carbocycles. The van der Waals surface area contributed by atoms with Crippen LogP contribution in [0, 0.1) is 17.8 Å². The van der Waals surface area contributed by atoms with Gasteiger partial charge in [0.25, 0.3) is 5.91 Å². The Morgan fingerprint density at radius 1 is 1.27 bits per heavy atom. The normalized spacial score (nSPS) is 16.3. The van der Waals surface area contributed by atoms with Crippen molar-refractivity contribution in [3.05, 3.63) is 47.5 Å². The largest absolute Gasteiger partial charge is 0.355 e. The molecule has 0 bridgehead atoms. The number of allylic oxidation sites excluding steroid dienone is 2. The fourth-order valence-corrected chi connectivity index (χ4v) is 2.37. The summed E-state index contributed by atoms with van der Waals surface area (Å²) >= 11 is 0. The molecule has 0 aliphatic heterocycles. The minimum Gasteiger partial charge on any atom is -0.355 e. The molecule has 1 unspecified atom stereocenters. The Labute approximate surface area is 131 Å². The molecule has 22 heavy (non-hydrogen) atoms. The van der Waals surface area contributed by atoms with Crippen LogP contribution in [0.15, 0.2) is 36.4 Å². The summed E-state index contributed by atoms with van der Waals surface area (Å²) in [6.45, 7) is 0.293. The van der Waals surface area contributed by atoms with E-state index in [0.717, 1.165) is 19.3 Å². The third-order valence-electron chi connectivity index (χ3n) is 3.61. The first-order valence-corrected chi connectivity index (χ1v) is 7.45. The predicted molar refractivity (Wildman–Crippen MR) is 86.2 cm³/mol. The Bertz CT molecular complexity index is 638. The first-order chi connectivity index (χ1) is 10.7. The molecule has 4 heteroatoms. The second kappa shape index (κ2) is 8.04. The molecule has 1 atom stereocenters. The lowest BCUT2D eigenvalue weighted by Crippen LogP contribution is -2.31. The second-order valence-corrected chi connectivity index (χ2v) is 5.13. The quantitative estimate of drug-likeness (QED) is 0.661. The summed E-state index contributed by atoms with van der Waals surface area (Å²) in [6.07, 6.45) is 6.83. The van der Waals surface area contributed by atoms with Gasteiger partial charge in [-0.05, 0) is 31.4 Å². The van der Waals surface area contributed by atoms with Crippen LogP contribution < -0.4 is 10.6 Å². The Morgan fingerprint density at radius 3 is 2.82 bits per heavy atom. The van der Waals surface area contributed by atoms with Crippen molar-refractivity contribution in [2.45, 2.75) is 19.3 Å². The van der Waals surface area contributed by atoms with E-state index >= 15 is 0 Å². The van der Waals surface area contributed by atoms with Gasteiger partial charge >= 0.3 is 0 Å². The van der Waals surface area contributed by atoms with Gasteiger partial charge in [0, 0.05) is 18.5 Å². The van der Waals surface area contributed by atoms with Crippen molar-refractivity contribution < 1.29 is 9.59 Å². The summed E-state index contributed by atoms with van der Waals surface area (Å²) in [5, 5.41) is 5.43. The molecular weight excluding hydrogens is 276 g/mol. The Morgan fingerprint density at radius 2 is 2.09 bits per heavy atom. The summed E-state index contributed by atoms with van der Waals surface area (Å²) in [5.41, 5.74) is 1.21. The van der Waals surface area contributed by atoms with Crippen LogP contribution in [-0.4, -0.2) is 25.4 Å². The van der Waals surface area contributed by atoms with Gasteiger partial charge in [0.05, 0.1) is 12.1 Å². The van der Waals surface area contributed by atoms with Gasteiger partial charge in [-0.3, -0.25) is 9.59 Å². The highest BCUT2D eigenvalue weighted by Gasteiger charge is 2.17. The van der Waals surface area contributed by atoms with Crippen LogP contribution in [0.25, 0.3) is 0 Å². The third kappa shape index (κ3) is 4.23. The molecule has 114 valence electrons. The average molecular weight is 296 g/mol. The lowest BCUT2D eigenvalue weighted by molar-refractivity contribution is -0.124. The van der Waals surface area contributed by atoms with Crippen LogP contribution in [0.5, 0.6) is 0 Å². The number of nitrogens with one attached hydrogen (secondary N) is 2. The van der Waals surface area contributed by atoms with Crippen LogP contribution in [-0.2, 0) is 4.79 Å². The number of hydrogen-bond acceptors (Lipinski definition) is 2. The summed E-state index contributed by atoms with van der Waals surface area (Å²) < 4.78 is 0. The van der Waals surface area contributed by atoms with Crippen LogP contribution in [0.2, 0.25) is 0 Å². The van der Waals surface area contributed by atoms with E-state index in [2.05, 4.69) is 34.6 Å². The minimum atomic E-state index is -0.164. The maximum Gasteiger partial charge on any atom is 0.252 e. The Hall–Kier alpha value is -2.54. The fourth-order valence-electron chi connectivity index (χ4n) is 2.37. The van der Waals surface area contributed by atoms with E-state index in [0.29, 0.717) is 17.7 Å². The first-order valence-electron chi connectivity index (χ1n) is 7.45. The Kier molecular flexibility index (Phi) is 5.79. The van der Waals surface area contributed by atoms with E-state index in [9.17, 15) is 9.59 Å². The number of amides is 2. The highest BCUT2D eigenvalue weighted by molar-refractivity contribution is 5.96. The maximum atomic E-state index is 12.0. The molecule has 1 aromatic carbocycles. The third-order valence-corrected chi connectivity index (χ3v) is 3.61. The first kappa shape index (κ1) is 15.8. The zero-order chi connectivity index (χ0) is 15.8. The molecule has 1 aliphatic rings. The van der Waals surface area contributed by atoms with Gasteiger partial charge in [-0.15, -0.1) is 0 Å². The van der Waals surface area contributed by atoms with Crippen molar-refractivity contribution in [1.29, 1.82) is 0 Å². The van der Waals surface area contributed by atoms with Crippen LogP contribution in [0.4, 0.5) is 0 Å². The number of carbonyl (C=O) groups excluding carboxylic acids is 2. The van der Waals surface area contributed by atoms with Gasteiger partial charge in [0.2, 0.25) is 5.91 Å². The van der Waals surface area contributed by atoms with Crippen molar-refractivity contribution in [3.63, 3.8) is 0 Å². The molecule has 1 aromatic rings. The molecule has 4 nitrogen and oxygen atoms in total. The topological polar surface area (TPSA) is 58.2 Å². The number of benzene rings is 1. The molecule has 0 saturated heterocycles. The van der Waals surface area contributed by atoms with Crippen molar-refractivity contribution in [1.82, 2.24) is 10.6 Å². The van der Waals surface area contributed by atoms with Crippen molar-refractivity contribution in [2.75, 3.05) is 13.6 Å². The monoisotopic (exact) mass is 296 g/mol. The van der Waals surface area contributed by atoms with Gasteiger partial charge in [-0.1, -0.05) is 36.1 Å². The lowest BCUT2D eigenvalue weighted by atomic mass is 9.94. The number of hydrogen-bond donors (Lipinski definition) is 2. The van der Waals surface area contributed by atoms with E-state index in [4.69, 9.17) is 0 Å². The van der Waals surface area contributed by atoms with Gasteiger partial charge in [-0.25, -0.2) is 0 Å². The van der Waals surface area contributed by atoms with Crippen molar-refractivity contribution in [2.24, 2.45) is 5.92 Å². The van der Waals surface area contributed by atoms with E-state index in [1.807, 2.05) is 6.07 Å². The molecule has 2 amide bonds. The average Bonchev–Trinajstić information content (AvgIpc) is 2.59. The highest BCUT2D eigenvalue weighted by Crippen LogP contribution is 2.17. The van der Waals surface area contributed by atoms with Crippen LogP contribution in [0.1, 0.15) is 35.2 Å². The smallest absolute Gasteiger partial charge is 0.252 e. The predicted octanol–water partition coefficient (Wildman–Crippen LogP) is 1.87. The minimum absolute atomic E-state index is 0.0539. The van der Waals surface area contributed by atoms with Crippen LogP contribution >= 0.6 is 0 Å². The van der Waals surface area contributed by atoms with Gasteiger partial charge in [0.15, 0.2) is 0 Å². The van der Waals surface area contributed by atoms with Crippen molar-refractivity contribution in [3.8, 4) is 11.8 Å². The standard InChI is InChI=1S/C18H20N2O2/c1-19-18(22)16-12-6-5-8-14(16)11-7-13-20-17(21)15-9-3-2-4-10-15/h2-3,5-6,8,12,15H,4,9-10,13H2,1H3,(H,19,22)(H,20,21). The van der Waals surface area contributed by atoms with Gasteiger partial charge in [0.1, 0.15) is 0 Å². The summed E-state index contributed by atoms with van der Waals surface area (Å²) in [7, 11) is 1.59.